The van der Waals surface area contributed by atoms with Crippen molar-refractivity contribution in [2.45, 2.75) is 13.3 Å². The van der Waals surface area contributed by atoms with Crippen LogP contribution in [0.3, 0.4) is 0 Å². The molecule has 0 fully saturated rings. The fourth-order valence-electron chi connectivity index (χ4n) is 2.69. The summed E-state index contributed by atoms with van der Waals surface area (Å²) in [6.45, 7) is 1.83. The first-order valence-corrected chi connectivity index (χ1v) is 9.12. The molecule has 3 rings (SSSR count). The fourth-order valence-corrected chi connectivity index (χ4v) is 2.69. The van der Waals surface area contributed by atoms with Gasteiger partial charge in [-0.2, -0.15) is 8.78 Å². The van der Waals surface area contributed by atoms with Crippen molar-refractivity contribution in [3.8, 4) is 5.75 Å². The summed E-state index contributed by atoms with van der Waals surface area (Å²) >= 11 is 0. The summed E-state index contributed by atoms with van der Waals surface area (Å²) < 4.78 is 71.0. The number of halogens is 5. The molecule has 0 heterocycles. The van der Waals surface area contributed by atoms with Crippen molar-refractivity contribution < 1.29 is 36.3 Å². The molecule has 0 aromatic heterocycles. The number of hydrogen-bond donors (Lipinski definition) is 2. The van der Waals surface area contributed by atoms with Crippen LogP contribution in [0.15, 0.2) is 48.5 Å². The van der Waals surface area contributed by atoms with E-state index in [4.69, 9.17) is 0 Å². The molecule has 0 saturated carbocycles. The Morgan fingerprint density at radius 3 is 1.94 bits per heavy atom. The molecular weight excluding hydrogens is 435 g/mol. The van der Waals surface area contributed by atoms with E-state index in [9.17, 15) is 31.5 Å². The highest BCUT2D eigenvalue weighted by Gasteiger charge is 2.28. The minimum absolute atomic E-state index is 0.309. The van der Waals surface area contributed by atoms with Crippen molar-refractivity contribution in [3.63, 3.8) is 0 Å². The van der Waals surface area contributed by atoms with Crippen LogP contribution in [0.5, 0.6) is 5.75 Å². The maximum absolute atomic E-state index is 13.6. The van der Waals surface area contributed by atoms with Gasteiger partial charge in [0.1, 0.15) is 0 Å². The molecule has 0 aliphatic rings. The van der Waals surface area contributed by atoms with Gasteiger partial charge < -0.3 is 15.4 Å². The van der Waals surface area contributed by atoms with E-state index in [-0.39, 0.29) is 0 Å². The Bertz CT molecular complexity index is 1150. The zero-order chi connectivity index (χ0) is 23.4. The van der Waals surface area contributed by atoms with Gasteiger partial charge in [0.05, 0.1) is 6.42 Å². The number of carbonyl (C=O) groups is 2. The van der Waals surface area contributed by atoms with Gasteiger partial charge >= 0.3 is 12.0 Å². The number of rotatable bonds is 5. The smallest absolute Gasteiger partial charge is 0.323 e. The summed E-state index contributed by atoms with van der Waals surface area (Å²) in [4.78, 5) is 24.0. The lowest BCUT2D eigenvalue weighted by molar-refractivity contribution is -0.134. The number of benzene rings is 3. The van der Waals surface area contributed by atoms with Gasteiger partial charge in [-0.1, -0.05) is 30.3 Å². The Kier molecular flexibility index (Phi) is 6.72. The molecule has 0 bridgehead atoms. The third-order valence-corrected chi connectivity index (χ3v) is 4.34. The van der Waals surface area contributed by atoms with Gasteiger partial charge in [-0.15, -0.1) is 0 Å². The van der Waals surface area contributed by atoms with E-state index < -0.39 is 53.3 Å². The molecule has 32 heavy (non-hydrogen) atoms. The highest BCUT2D eigenvalue weighted by atomic mass is 19.2. The second-order valence-corrected chi connectivity index (χ2v) is 6.64. The monoisotopic (exact) mass is 450 g/mol. The van der Waals surface area contributed by atoms with Crippen molar-refractivity contribution in [1.82, 2.24) is 0 Å². The summed E-state index contributed by atoms with van der Waals surface area (Å²) in [6.07, 6.45) is -0.519. The molecule has 0 aliphatic heterocycles. The van der Waals surface area contributed by atoms with Crippen LogP contribution >= 0.6 is 0 Å². The van der Waals surface area contributed by atoms with Crippen LogP contribution in [0.2, 0.25) is 0 Å². The lowest BCUT2D eigenvalue weighted by Gasteiger charge is -2.11. The predicted octanol–water partition coefficient (Wildman–Crippen LogP) is 5.48. The standard InChI is InChI=1S/C22H15F5N2O3/c1-11-4-2-3-5-14(11)29-22(31)28-13-8-6-12(7-9-13)10-15(30)32-21-19(26)17(24)16(23)18(25)20(21)27/h2-9H,10H2,1H3,(H2,28,29,31). The number of aryl methyl sites for hydroxylation is 1. The quantitative estimate of drug-likeness (QED) is 0.178. The van der Waals surface area contributed by atoms with Crippen LogP contribution in [-0.4, -0.2) is 12.0 Å². The van der Waals surface area contributed by atoms with Gasteiger partial charge in [0.2, 0.25) is 34.8 Å². The molecule has 5 nitrogen and oxygen atoms in total. The number of amides is 2. The van der Waals surface area contributed by atoms with Crippen molar-refractivity contribution in [2.75, 3.05) is 10.6 Å². The fraction of sp³-hybridized carbons (Fsp3) is 0.0909. The van der Waals surface area contributed by atoms with E-state index in [2.05, 4.69) is 15.4 Å². The van der Waals surface area contributed by atoms with E-state index in [1.54, 1.807) is 12.1 Å². The summed E-state index contributed by atoms with van der Waals surface area (Å²) in [7, 11) is 0. The molecule has 166 valence electrons. The van der Waals surface area contributed by atoms with Crippen molar-refractivity contribution in [1.29, 1.82) is 0 Å². The number of anilines is 2. The van der Waals surface area contributed by atoms with Crippen molar-refractivity contribution in [2.24, 2.45) is 0 Å². The number of urea groups is 1. The summed E-state index contributed by atoms with van der Waals surface area (Å²) in [5.41, 5.74) is 2.18. The molecular formula is C22H15F5N2O3. The zero-order valence-corrected chi connectivity index (χ0v) is 16.4. The van der Waals surface area contributed by atoms with Crippen molar-refractivity contribution in [3.05, 3.63) is 88.7 Å². The first-order chi connectivity index (χ1) is 15.2. The molecule has 3 aromatic rings. The highest BCUT2D eigenvalue weighted by Crippen LogP contribution is 2.29. The topological polar surface area (TPSA) is 67.4 Å². The number of ether oxygens (including phenoxy) is 1. The molecule has 2 amide bonds. The Labute approximate surface area is 178 Å². The Balaban J connectivity index is 1.62. The lowest BCUT2D eigenvalue weighted by atomic mass is 10.1. The normalized spacial score (nSPS) is 10.6. The van der Waals surface area contributed by atoms with Crippen molar-refractivity contribution >= 4 is 23.4 Å². The van der Waals surface area contributed by atoms with Crippen LogP contribution in [0.25, 0.3) is 0 Å². The maximum Gasteiger partial charge on any atom is 0.323 e. The average Bonchev–Trinajstić information content (AvgIpc) is 2.77. The third-order valence-electron chi connectivity index (χ3n) is 4.34. The molecule has 2 N–H and O–H groups in total. The molecule has 0 radical (unpaired) electrons. The van der Waals surface area contributed by atoms with Gasteiger partial charge in [-0.05, 0) is 36.2 Å². The van der Waals surface area contributed by atoms with Crippen LogP contribution < -0.4 is 15.4 Å². The Morgan fingerprint density at radius 1 is 0.781 bits per heavy atom. The predicted molar refractivity (Wildman–Crippen MR) is 106 cm³/mol. The second kappa shape index (κ2) is 9.46. The van der Waals surface area contributed by atoms with E-state index in [1.807, 2.05) is 19.1 Å². The molecule has 0 aliphatic carbocycles. The second-order valence-electron chi connectivity index (χ2n) is 6.64. The van der Waals surface area contributed by atoms with E-state index in [0.717, 1.165) is 5.56 Å². The largest absolute Gasteiger partial charge is 0.420 e. The van der Waals surface area contributed by atoms with Crippen LogP contribution in [0, 0.1) is 36.0 Å². The lowest BCUT2D eigenvalue weighted by Crippen LogP contribution is -2.20. The summed E-state index contributed by atoms with van der Waals surface area (Å²) in [6, 6.07) is 12.4. The Morgan fingerprint density at radius 2 is 1.34 bits per heavy atom. The maximum atomic E-state index is 13.6. The molecule has 0 saturated heterocycles. The van der Waals surface area contributed by atoms with Crippen LogP contribution in [-0.2, 0) is 11.2 Å². The number of esters is 1. The van der Waals surface area contributed by atoms with E-state index in [0.29, 0.717) is 16.9 Å². The van der Waals surface area contributed by atoms with Crippen LogP contribution in [0.4, 0.5) is 38.1 Å². The number of hydrogen-bond acceptors (Lipinski definition) is 3. The molecule has 0 unspecified atom stereocenters. The van der Waals surface area contributed by atoms with E-state index in [1.165, 1.54) is 24.3 Å². The number of para-hydroxylation sites is 1. The highest BCUT2D eigenvalue weighted by molar-refractivity contribution is 6.00. The van der Waals surface area contributed by atoms with Crippen LogP contribution in [0.1, 0.15) is 11.1 Å². The molecule has 0 spiro atoms. The molecule has 3 aromatic carbocycles. The zero-order valence-electron chi connectivity index (χ0n) is 16.4. The molecule has 10 heteroatoms. The first kappa shape index (κ1) is 22.7. The minimum Gasteiger partial charge on any atom is -0.420 e. The SMILES string of the molecule is Cc1ccccc1NC(=O)Nc1ccc(CC(=O)Oc2c(F)c(F)c(F)c(F)c2F)cc1. The number of nitrogens with one attached hydrogen (secondary N) is 2. The average molecular weight is 450 g/mol. The van der Waals surface area contributed by atoms with Gasteiger partial charge in [0.15, 0.2) is 0 Å². The van der Waals surface area contributed by atoms with Gasteiger partial charge in [0.25, 0.3) is 0 Å². The third kappa shape index (κ3) is 5.02. The minimum atomic E-state index is -2.35. The number of carbonyl (C=O) groups excluding carboxylic acids is 2. The van der Waals surface area contributed by atoms with E-state index >= 15 is 0 Å². The molecule has 0 atom stereocenters. The van der Waals surface area contributed by atoms with Gasteiger partial charge in [-0.25, -0.2) is 18.0 Å². The Hall–Kier alpha value is -3.95. The van der Waals surface area contributed by atoms with Gasteiger partial charge in [-0.3, -0.25) is 4.79 Å². The summed E-state index contributed by atoms with van der Waals surface area (Å²) in [5, 5.41) is 5.26. The summed E-state index contributed by atoms with van der Waals surface area (Å²) in [5.74, 6) is -14.2. The first-order valence-electron chi connectivity index (χ1n) is 9.12. The van der Waals surface area contributed by atoms with Gasteiger partial charge in [0, 0.05) is 11.4 Å².